The quantitative estimate of drug-likeness (QED) is 0.733. The van der Waals surface area contributed by atoms with Gasteiger partial charge in [0.25, 0.3) is 0 Å². The van der Waals surface area contributed by atoms with Gasteiger partial charge in [-0.2, -0.15) is 0 Å². The highest BCUT2D eigenvalue weighted by Crippen LogP contribution is 2.48. The minimum Gasteiger partial charge on any atom is -0.458 e. The van der Waals surface area contributed by atoms with Crippen molar-refractivity contribution in [2.24, 2.45) is 22.2 Å². The van der Waals surface area contributed by atoms with E-state index in [9.17, 15) is 9.59 Å². The number of esters is 2. The Labute approximate surface area is 140 Å². The molecular formula is C19H32O4. The highest BCUT2D eigenvalue weighted by molar-refractivity contribution is 5.78. The maximum atomic E-state index is 13.1. The van der Waals surface area contributed by atoms with Gasteiger partial charge < -0.3 is 9.47 Å². The molecule has 2 bridgehead atoms. The third-order valence-electron chi connectivity index (χ3n) is 5.58. The van der Waals surface area contributed by atoms with Crippen LogP contribution in [0.15, 0.2) is 0 Å². The maximum absolute atomic E-state index is 13.1. The average Bonchev–Trinajstić information content (AvgIpc) is 2.65. The molecule has 1 aliphatic carbocycles. The van der Waals surface area contributed by atoms with E-state index >= 15 is 0 Å². The van der Waals surface area contributed by atoms with Crippen molar-refractivity contribution in [2.45, 2.75) is 86.4 Å². The SMILES string of the molecule is CC(C)(C)CC(C)(C(=O)OC1CCC2CC1OC2=O)C(C)(C)C. The molecule has 23 heavy (non-hydrogen) atoms. The number of fused-ring (bicyclic) bond motifs is 2. The number of hydrogen-bond donors (Lipinski definition) is 0. The molecule has 1 heterocycles. The summed E-state index contributed by atoms with van der Waals surface area (Å²) in [6, 6.07) is 0. The molecule has 132 valence electrons. The molecule has 4 nitrogen and oxygen atoms in total. The molecule has 1 saturated heterocycles. The van der Waals surface area contributed by atoms with Gasteiger partial charge in [-0.15, -0.1) is 0 Å². The van der Waals surface area contributed by atoms with Crippen molar-refractivity contribution in [1.29, 1.82) is 0 Å². The van der Waals surface area contributed by atoms with Crippen molar-refractivity contribution >= 4 is 11.9 Å². The predicted octanol–water partition coefficient (Wildman–Crippen LogP) is 4.11. The van der Waals surface area contributed by atoms with Crippen LogP contribution in [0.2, 0.25) is 0 Å². The molecule has 0 N–H and O–H groups in total. The summed E-state index contributed by atoms with van der Waals surface area (Å²) in [6.45, 7) is 14.7. The zero-order chi connectivity index (χ0) is 17.6. The van der Waals surface area contributed by atoms with Crippen LogP contribution in [0, 0.1) is 22.2 Å². The summed E-state index contributed by atoms with van der Waals surface area (Å²) in [6.07, 6.45) is 2.40. The average molecular weight is 324 g/mol. The Bertz CT molecular complexity index is 483. The molecule has 0 amide bonds. The Morgan fingerprint density at radius 2 is 1.74 bits per heavy atom. The summed E-state index contributed by atoms with van der Waals surface area (Å²) >= 11 is 0. The van der Waals surface area contributed by atoms with E-state index in [2.05, 4.69) is 41.5 Å². The normalized spacial score (nSPS) is 30.6. The smallest absolute Gasteiger partial charge is 0.312 e. The summed E-state index contributed by atoms with van der Waals surface area (Å²) in [4.78, 5) is 24.7. The van der Waals surface area contributed by atoms with Gasteiger partial charge in [0.1, 0.15) is 12.2 Å². The largest absolute Gasteiger partial charge is 0.458 e. The lowest BCUT2D eigenvalue weighted by Crippen LogP contribution is -2.47. The first-order valence-electron chi connectivity index (χ1n) is 8.75. The fraction of sp³-hybridized carbons (Fsp3) is 0.895. The van der Waals surface area contributed by atoms with Gasteiger partial charge in [0, 0.05) is 6.42 Å². The third kappa shape index (κ3) is 3.72. The fourth-order valence-electron chi connectivity index (χ4n) is 3.79. The molecule has 1 saturated carbocycles. The molecule has 0 aromatic heterocycles. The molecule has 0 spiro atoms. The van der Waals surface area contributed by atoms with Crippen molar-refractivity contribution in [2.75, 3.05) is 0 Å². The second kappa shape index (κ2) is 5.78. The van der Waals surface area contributed by atoms with Crippen molar-refractivity contribution in [3.63, 3.8) is 0 Å². The summed E-state index contributed by atoms with van der Waals surface area (Å²) in [5.41, 5.74) is -0.760. The number of hydrogen-bond acceptors (Lipinski definition) is 4. The lowest BCUT2D eigenvalue weighted by molar-refractivity contribution is -0.178. The van der Waals surface area contributed by atoms with Crippen LogP contribution in [0.1, 0.15) is 74.1 Å². The molecular weight excluding hydrogens is 292 g/mol. The van der Waals surface area contributed by atoms with E-state index in [1.807, 2.05) is 6.92 Å². The van der Waals surface area contributed by atoms with Crippen LogP contribution in [0.3, 0.4) is 0 Å². The van der Waals surface area contributed by atoms with E-state index in [0.29, 0.717) is 6.42 Å². The van der Waals surface area contributed by atoms with E-state index in [1.54, 1.807) is 0 Å². The van der Waals surface area contributed by atoms with Gasteiger partial charge in [0.15, 0.2) is 0 Å². The number of carbonyl (C=O) groups excluding carboxylic acids is 2. The molecule has 2 rings (SSSR count). The molecule has 2 aliphatic rings. The number of ether oxygens (including phenoxy) is 2. The van der Waals surface area contributed by atoms with Gasteiger partial charge in [0.2, 0.25) is 0 Å². The highest BCUT2D eigenvalue weighted by Gasteiger charge is 2.51. The predicted molar refractivity (Wildman–Crippen MR) is 88.7 cm³/mol. The third-order valence-corrected chi connectivity index (χ3v) is 5.58. The molecule has 2 fully saturated rings. The van der Waals surface area contributed by atoms with Crippen LogP contribution in [0.4, 0.5) is 0 Å². The fourth-order valence-corrected chi connectivity index (χ4v) is 3.79. The lowest BCUT2D eigenvalue weighted by atomic mass is 9.61. The van der Waals surface area contributed by atoms with Crippen molar-refractivity contribution in [3.8, 4) is 0 Å². The van der Waals surface area contributed by atoms with E-state index in [0.717, 1.165) is 19.3 Å². The van der Waals surface area contributed by atoms with E-state index in [-0.39, 0.29) is 40.9 Å². The first-order chi connectivity index (χ1) is 10.3. The lowest BCUT2D eigenvalue weighted by Gasteiger charge is -2.44. The second-order valence-electron chi connectivity index (χ2n) is 9.75. The van der Waals surface area contributed by atoms with Crippen molar-refractivity contribution in [3.05, 3.63) is 0 Å². The molecule has 4 unspecified atom stereocenters. The first-order valence-corrected chi connectivity index (χ1v) is 8.75. The van der Waals surface area contributed by atoms with Gasteiger partial charge >= 0.3 is 11.9 Å². The Morgan fingerprint density at radius 3 is 2.26 bits per heavy atom. The van der Waals surface area contributed by atoms with Crippen molar-refractivity contribution in [1.82, 2.24) is 0 Å². The standard InChI is InChI=1S/C19H32O4/c1-17(2,3)11-19(7,18(4,5)6)16(21)23-13-9-8-12-10-14(13)22-15(12)20/h12-14H,8-11H2,1-7H3. The molecule has 1 aliphatic heterocycles. The van der Waals surface area contributed by atoms with E-state index in [4.69, 9.17) is 9.47 Å². The zero-order valence-electron chi connectivity index (χ0n) is 15.7. The van der Waals surface area contributed by atoms with Gasteiger partial charge in [-0.1, -0.05) is 41.5 Å². The topological polar surface area (TPSA) is 52.6 Å². The van der Waals surface area contributed by atoms with Crippen LogP contribution in [0.5, 0.6) is 0 Å². The molecule has 4 heteroatoms. The molecule has 4 atom stereocenters. The summed E-state index contributed by atoms with van der Waals surface area (Å²) < 4.78 is 11.3. The van der Waals surface area contributed by atoms with Gasteiger partial charge in [0.05, 0.1) is 11.3 Å². The Hall–Kier alpha value is -1.06. The zero-order valence-corrected chi connectivity index (χ0v) is 15.7. The summed E-state index contributed by atoms with van der Waals surface area (Å²) in [5, 5.41) is 0. The first kappa shape index (κ1) is 18.3. The van der Waals surface area contributed by atoms with Gasteiger partial charge in [-0.3, -0.25) is 9.59 Å². The summed E-state index contributed by atoms with van der Waals surface area (Å²) in [5.74, 6) is -0.272. The number of rotatable bonds is 3. The number of carbonyl (C=O) groups is 2. The maximum Gasteiger partial charge on any atom is 0.312 e. The Kier molecular flexibility index (Phi) is 4.60. The molecule has 0 aromatic rings. The molecule has 0 aromatic carbocycles. The molecule has 0 radical (unpaired) electrons. The van der Waals surface area contributed by atoms with Crippen LogP contribution < -0.4 is 0 Å². The summed E-state index contributed by atoms with van der Waals surface area (Å²) in [7, 11) is 0. The van der Waals surface area contributed by atoms with Crippen molar-refractivity contribution < 1.29 is 19.1 Å². The van der Waals surface area contributed by atoms with Crippen LogP contribution in [0.25, 0.3) is 0 Å². The second-order valence-corrected chi connectivity index (χ2v) is 9.75. The van der Waals surface area contributed by atoms with Gasteiger partial charge in [-0.05, 0) is 37.0 Å². The van der Waals surface area contributed by atoms with Gasteiger partial charge in [-0.25, -0.2) is 0 Å². The monoisotopic (exact) mass is 324 g/mol. The Morgan fingerprint density at radius 1 is 1.13 bits per heavy atom. The van der Waals surface area contributed by atoms with E-state index < -0.39 is 5.41 Å². The minimum atomic E-state index is -0.579. The van der Waals surface area contributed by atoms with Crippen LogP contribution in [-0.2, 0) is 19.1 Å². The Balaban J connectivity index is 2.14. The van der Waals surface area contributed by atoms with E-state index in [1.165, 1.54) is 0 Å². The van der Waals surface area contributed by atoms with Crippen LogP contribution in [-0.4, -0.2) is 24.1 Å². The van der Waals surface area contributed by atoms with Crippen LogP contribution >= 0.6 is 0 Å². The highest BCUT2D eigenvalue weighted by atomic mass is 16.6. The minimum absolute atomic E-state index is 0.0125.